The van der Waals surface area contributed by atoms with Gasteiger partial charge < -0.3 is 14.4 Å². The second-order valence-electron chi connectivity index (χ2n) is 9.07. The van der Waals surface area contributed by atoms with Gasteiger partial charge >= 0.3 is 0 Å². The van der Waals surface area contributed by atoms with E-state index in [9.17, 15) is 28.3 Å². The molecule has 3 aromatic rings. The zero-order valence-electron chi connectivity index (χ0n) is 18.4. The summed E-state index contributed by atoms with van der Waals surface area (Å²) in [5, 5.41) is 10.7. The Kier molecular flexibility index (Phi) is 4.86. The van der Waals surface area contributed by atoms with E-state index in [-0.39, 0.29) is 48.4 Å². The molecule has 3 atom stereocenters. The average Bonchev–Trinajstić information content (AvgIpc) is 3.36. The minimum absolute atomic E-state index is 0.0475. The van der Waals surface area contributed by atoms with Gasteiger partial charge in [-0.05, 0) is 29.2 Å². The number of ether oxygens (including phenoxy) is 1. The summed E-state index contributed by atoms with van der Waals surface area (Å²) in [5.41, 5.74) is 0.803. The molecule has 0 bridgehead atoms. The highest BCUT2D eigenvalue weighted by Gasteiger charge is 2.52. The van der Waals surface area contributed by atoms with Crippen molar-refractivity contribution in [3.05, 3.63) is 98.5 Å². The molecule has 1 aromatic heterocycles. The lowest BCUT2D eigenvalue weighted by atomic mass is 10.0. The normalized spacial score (nSPS) is 21.9. The summed E-state index contributed by atoms with van der Waals surface area (Å²) in [6, 6.07) is 10.5. The van der Waals surface area contributed by atoms with Gasteiger partial charge in [0.15, 0.2) is 23.5 Å². The summed E-state index contributed by atoms with van der Waals surface area (Å²) >= 11 is 0. The Morgan fingerprint density at radius 2 is 1.94 bits per heavy atom. The van der Waals surface area contributed by atoms with Crippen LogP contribution in [-0.2, 0) is 24.1 Å². The molecule has 9 heteroatoms. The first-order chi connectivity index (χ1) is 16.8. The lowest BCUT2D eigenvalue weighted by Gasteiger charge is -2.34. The van der Waals surface area contributed by atoms with Gasteiger partial charge in [0.05, 0.1) is 24.3 Å². The number of rotatable bonds is 4. The van der Waals surface area contributed by atoms with Crippen molar-refractivity contribution >= 4 is 11.7 Å². The van der Waals surface area contributed by atoms with Crippen molar-refractivity contribution in [2.75, 3.05) is 0 Å². The zero-order chi connectivity index (χ0) is 24.4. The highest BCUT2D eigenvalue weighted by Crippen LogP contribution is 2.46. The SMILES string of the molecule is O=C(CCc1ccc(F)cc1F)c1cn2c(c(O)c1=O)C(=O)N1C(C2)O[C@@H]2Cc3ccccc3[C@@H]21. The van der Waals surface area contributed by atoms with E-state index >= 15 is 0 Å². The molecule has 1 aliphatic carbocycles. The molecule has 3 aliphatic rings. The standard InChI is InChI=1S/C26H20F2N2O5/c27-15-7-5-13(18(28)10-15)6-8-19(31)17-11-29-12-21-30(26(34)23(29)25(33)24(17)32)22-16-4-2-1-3-14(16)9-20(22)35-21/h1-5,7,10-11,20-22,33H,6,8-9,12H2/t20-,21?,22+/m1/s1. The number of fused-ring (bicyclic) bond motifs is 6. The summed E-state index contributed by atoms with van der Waals surface area (Å²) in [6.07, 6.45) is 0.825. The molecule has 35 heavy (non-hydrogen) atoms. The van der Waals surface area contributed by atoms with E-state index in [1.807, 2.05) is 24.3 Å². The molecule has 0 radical (unpaired) electrons. The third-order valence-electron chi connectivity index (χ3n) is 7.07. The minimum atomic E-state index is -0.948. The number of Topliss-reactive ketones (excluding diaryl/α,β-unsaturated/α-hetero) is 1. The number of pyridine rings is 1. The summed E-state index contributed by atoms with van der Waals surface area (Å²) in [4.78, 5) is 40.7. The fourth-order valence-corrected chi connectivity index (χ4v) is 5.44. The minimum Gasteiger partial charge on any atom is -0.503 e. The molecule has 3 heterocycles. The molecule has 2 aromatic carbocycles. The Hall–Kier alpha value is -3.85. The topological polar surface area (TPSA) is 88.8 Å². The van der Waals surface area contributed by atoms with Crippen LogP contribution in [0.4, 0.5) is 8.78 Å². The average molecular weight is 478 g/mol. The molecule has 1 unspecified atom stereocenters. The molecule has 7 nitrogen and oxygen atoms in total. The van der Waals surface area contributed by atoms with Crippen molar-refractivity contribution in [3.8, 4) is 5.75 Å². The molecule has 0 spiro atoms. The number of nitrogens with zero attached hydrogens (tertiary/aromatic N) is 2. The van der Waals surface area contributed by atoms with Gasteiger partial charge in [-0.15, -0.1) is 0 Å². The fourth-order valence-electron chi connectivity index (χ4n) is 5.44. The number of benzene rings is 2. The van der Waals surface area contributed by atoms with Crippen LogP contribution in [0.2, 0.25) is 0 Å². The van der Waals surface area contributed by atoms with Crippen LogP contribution in [0, 0.1) is 11.6 Å². The maximum atomic E-state index is 13.9. The van der Waals surface area contributed by atoms with Crippen molar-refractivity contribution < 1.29 is 28.2 Å². The number of aromatic hydroxyl groups is 1. The lowest BCUT2D eigenvalue weighted by molar-refractivity contribution is -0.0149. The maximum absolute atomic E-state index is 13.9. The number of aryl methyl sites for hydroxylation is 1. The summed E-state index contributed by atoms with van der Waals surface area (Å²) in [5.74, 6) is -3.44. The van der Waals surface area contributed by atoms with E-state index in [1.54, 1.807) is 4.90 Å². The van der Waals surface area contributed by atoms with Crippen LogP contribution in [0.3, 0.4) is 0 Å². The Labute approximate surface area is 198 Å². The predicted molar refractivity (Wildman–Crippen MR) is 119 cm³/mol. The summed E-state index contributed by atoms with van der Waals surface area (Å²) < 4.78 is 34.6. The van der Waals surface area contributed by atoms with Gasteiger partial charge in [-0.25, -0.2) is 8.78 Å². The van der Waals surface area contributed by atoms with Gasteiger partial charge in [-0.1, -0.05) is 30.3 Å². The Morgan fingerprint density at radius 3 is 2.74 bits per heavy atom. The molecule has 1 amide bonds. The van der Waals surface area contributed by atoms with Crippen molar-refractivity contribution in [2.45, 2.75) is 44.2 Å². The molecular weight excluding hydrogens is 458 g/mol. The highest BCUT2D eigenvalue weighted by molar-refractivity contribution is 6.00. The van der Waals surface area contributed by atoms with E-state index < -0.39 is 40.7 Å². The molecule has 0 saturated carbocycles. The first kappa shape index (κ1) is 21.7. The fraction of sp³-hybridized carbons (Fsp3) is 0.269. The Bertz CT molecular complexity index is 1470. The Morgan fingerprint density at radius 1 is 1.14 bits per heavy atom. The first-order valence-electron chi connectivity index (χ1n) is 11.3. The number of amides is 1. The van der Waals surface area contributed by atoms with E-state index in [4.69, 9.17) is 4.74 Å². The van der Waals surface area contributed by atoms with E-state index in [2.05, 4.69) is 0 Å². The lowest BCUT2D eigenvalue weighted by Crippen LogP contribution is -2.47. The smallest absolute Gasteiger partial charge is 0.277 e. The van der Waals surface area contributed by atoms with E-state index in [0.717, 1.165) is 23.3 Å². The number of hydrogen-bond donors (Lipinski definition) is 1. The highest BCUT2D eigenvalue weighted by atomic mass is 19.1. The van der Waals surface area contributed by atoms with Crippen LogP contribution in [0.25, 0.3) is 0 Å². The summed E-state index contributed by atoms with van der Waals surface area (Å²) in [7, 11) is 0. The van der Waals surface area contributed by atoms with Crippen LogP contribution in [0.15, 0.2) is 53.5 Å². The quantitative estimate of drug-likeness (QED) is 0.582. The second-order valence-corrected chi connectivity index (χ2v) is 9.07. The molecule has 2 aliphatic heterocycles. The molecular formula is C26H20F2N2O5. The van der Waals surface area contributed by atoms with Gasteiger partial charge in [0.2, 0.25) is 5.43 Å². The monoisotopic (exact) mass is 478 g/mol. The number of aromatic nitrogens is 1. The van der Waals surface area contributed by atoms with Gasteiger partial charge in [0.1, 0.15) is 11.6 Å². The van der Waals surface area contributed by atoms with Gasteiger partial charge in [0.25, 0.3) is 5.91 Å². The van der Waals surface area contributed by atoms with Crippen LogP contribution < -0.4 is 5.43 Å². The van der Waals surface area contributed by atoms with Crippen LogP contribution in [-0.4, -0.2) is 38.6 Å². The van der Waals surface area contributed by atoms with Crippen molar-refractivity contribution in [1.82, 2.24) is 9.47 Å². The van der Waals surface area contributed by atoms with Crippen molar-refractivity contribution in [1.29, 1.82) is 0 Å². The van der Waals surface area contributed by atoms with Gasteiger partial charge in [0, 0.05) is 25.1 Å². The maximum Gasteiger partial charge on any atom is 0.277 e. The molecule has 1 saturated heterocycles. The van der Waals surface area contributed by atoms with Crippen LogP contribution in [0.1, 0.15) is 50.0 Å². The number of ketones is 1. The zero-order valence-corrected chi connectivity index (χ0v) is 18.4. The first-order valence-corrected chi connectivity index (χ1v) is 11.3. The van der Waals surface area contributed by atoms with Gasteiger partial charge in [-0.3, -0.25) is 19.3 Å². The number of carbonyl (C=O) groups is 2. The molecule has 1 N–H and O–H groups in total. The second kappa shape index (κ2) is 7.84. The number of carbonyl (C=O) groups excluding carboxylic acids is 2. The van der Waals surface area contributed by atoms with Crippen molar-refractivity contribution in [2.24, 2.45) is 0 Å². The molecule has 178 valence electrons. The molecule has 6 rings (SSSR count). The van der Waals surface area contributed by atoms with Gasteiger partial charge in [-0.2, -0.15) is 0 Å². The van der Waals surface area contributed by atoms with Crippen LogP contribution in [0.5, 0.6) is 5.75 Å². The van der Waals surface area contributed by atoms with Crippen molar-refractivity contribution in [3.63, 3.8) is 0 Å². The summed E-state index contributed by atoms with van der Waals surface area (Å²) in [6.45, 7) is 0.150. The Balaban J connectivity index is 1.30. The third kappa shape index (κ3) is 3.30. The van der Waals surface area contributed by atoms with E-state index in [0.29, 0.717) is 6.42 Å². The number of halogens is 2. The number of hydrogen-bond acceptors (Lipinski definition) is 5. The molecule has 1 fully saturated rings. The third-order valence-corrected chi connectivity index (χ3v) is 7.07. The van der Waals surface area contributed by atoms with Crippen LogP contribution >= 0.6 is 0 Å². The predicted octanol–water partition coefficient (Wildman–Crippen LogP) is 3.13. The largest absolute Gasteiger partial charge is 0.503 e. The van der Waals surface area contributed by atoms with E-state index in [1.165, 1.54) is 16.8 Å².